The van der Waals surface area contributed by atoms with Crippen molar-refractivity contribution < 1.29 is 76.8 Å². The molecule has 2 N–H and O–H groups in total. The highest BCUT2D eigenvalue weighted by Gasteiger charge is 2.56. The lowest BCUT2D eigenvalue weighted by atomic mass is 9.66. The Bertz CT molecular complexity index is 1930. The van der Waals surface area contributed by atoms with Crippen LogP contribution in [0.25, 0.3) is 0 Å². The van der Waals surface area contributed by atoms with Crippen LogP contribution in [0.15, 0.2) is 48.5 Å². The summed E-state index contributed by atoms with van der Waals surface area (Å²) in [6.45, 7) is 1.71. The van der Waals surface area contributed by atoms with Crippen molar-refractivity contribution >= 4 is 17.8 Å². The number of nitro groups is 1. The number of aliphatic hydroxyl groups excluding tert-OH is 2. The van der Waals surface area contributed by atoms with E-state index in [1.807, 2.05) is 0 Å². The number of aliphatic hydroxyl groups is 2. The zero-order chi connectivity index (χ0) is 37.8. The maximum absolute atomic E-state index is 13.7. The molecule has 18 nitrogen and oxygen atoms in total. The van der Waals surface area contributed by atoms with Gasteiger partial charge in [0.15, 0.2) is 35.6 Å². The number of fused-ring (bicyclic) bond motifs is 4. The van der Waals surface area contributed by atoms with Gasteiger partial charge in [0.2, 0.25) is 12.5 Å². The van der Waals surface area contributed by atoms with Crippen LogP contribution < -0.4 is 28.4 Å². The molecule has 10 atom stereocenters. The predicted molar refractivity (Wildman–Crippen MR) is 176 cm³/mol. The molecule has 3 fully saturated rings. The van der Waals surface area contributed by atoms with E-state index >= 15 is 0 Å². The zero-order valence-electron chi connectivity index (χ0n) is 29.0. The lowest BCUT2D eigenvalue weighted by molar-refractivity contribution is -0.384. The fourth-order valence-corrected chi connectivity index (χ4v) is 7.66. The Hall–Kier alpha value is -5.24. The second-order valence-corrected chi connectivity index (χ2v) is 13.2. The second kappa shape index (κ2) is 14.2. The molecule has 0 amide bonds. The first-order chi connectivity index (χ1) is 26.0. The van der Waals surface area contributed by atoms with Crippen molar-refractivity contribution in [2.24, 2.45) is 11.8 Å². The van der Waals surface area contributed by atoms with E-state index in [2.05, 4.69) is 0 Å². The summed E-state index contributed by atoms with van der Waals surface area (Å²) in [5.74, 6) is -1.86. The number of nitrogens with zero attached hydrogens (tertiary/aromatic N) is 1. The number of nitro benzene ring substituents is 1. The molecule has 5 aliphatic rings. The van der Waals surface area contributed by atoms with Crippen LogP contribution in [0.5, 0.6) is 34.5 Å². The van der Waals surface area contributed by atoms with Crippen LogP contribution in [0.4, 0.5) is 10.5 Å². The summed E-state index contributed by atoms with van der Waals surface area (Å²) < 4.78 is 63.0. The van der Waals surface area contributed by atoms with E-state index < -0.39 is 77.9 Å². The van der Waals surface area contributed by atoms with Crippen molar-refractivity contribution in [1.82, 2.24) is 0 Å². The Morgan fingerprint density at radius 3 is 2.24 bits per heavy atom. The molecule has 3 aromatic rings. The van der Waals surface area contributed by atoms with Crippen LogP contribution in [0.1, 0.15) is 35.6 Å². The van der Waals surface area contributed by atoms with E-state index in [4.69, 9.17) is 52.1 Å². The Morgan fingerprint density at radius 1 is 0.889 bits per heavy atom. The first-order valence-corrected chi connectivity index (χ1v) is 17.0. The van der Waals surface area contributed by atoms with Gasteiger partial charge < -0.3 is 62.3 Å². The molecule has 3 saturated heterocycles. The number of hydrogen-bond acceptors (Lipinski definition) is 17. The molecule has 0 radical (unpaired) electrons. The Labute approximate surface area is 306 Å². The largest absolute Gasteiger partial charge is 0.519 e. The highest BCUT2D eigenvalue weighted by molar-refractivity contribution is 5.79. The van der Waals surface area contributed by atoms with Crippen molar-refractivity contribution in [3.63, 3.8) is 0 Å². The minimum Gasteiger partial charge on any atom is -0.493 e. The van der Waals surface area contributed by atoms with Gasteiger partial charge >= 0.3 is 12.1 Å². The van der Waals surface area contributed by atoms with E-state index in [9.17, 15) is 29.9 Å². The predicted octanol–water partition coefficient (Wildman–Crippen LogP) is 3.12. The first kappa shape index (κ1) is 35.8. The number of carbonyl (C=O) groups is 2. The van der Waals surface area contributed by atoms with E-state index in [0.717, 1.165) is 0 Å². The average molecular weight is 754 g/mol. The van der Waals surface area contributed by atoms with Gasteiger partial charge in [-0.3, -0.25) is 14.9 Å². The van der Waals surface area contributed by atoms with Crippen LogP contribution in [0.2, 0.25) is 0 Å². The standard InChI is InChI=1S/C36H35NO17/c1-15-46-13-26-33(50-15)29(38)30(39)35(52-26)53-31-20-11-23-22(48-14-49-23)10-19(20)27(28-21(31)12-47-34(28)40)16-8-24(44-2)32(25(9-16)45-3)54-36(41)51-18-6-4-17(5-7-18)37(42)43/h4-11,15,21,26-31,33,35,38-39H,12-14H2,1-3H3/t15-,21+,26-,27-,28+,29-,30-,31?,33-,35?/m1/s1. The monoisotopic (exact) mass is 753 g/mol. The van der Waals surface area contributed by atoms with Crippen LogP contribution in [0, 0.1) is 22.0 Å². The molecule has 4 aliphatic heterocycles. The summed E-state index contributed by atoms with van der Waals surface area (Å²) in [4.78, 5) is 37.0. The van der Waals surface area contributed by atoms with E-state index in [0.29, 0.717) is 28.2 Å². The van der Waals surface area contributed by atoms with Gasteiger partial charge in [-0.2, -0.15) is 0 Å². The normalized spacial score (nSPS) is 30.6. The lowest BCUT2D eigenvalue weighted by Gasteiger charge is -2.47. The smallest absolute Gasteiger partial charge is 0.493 e. The Morgan fingerprint density at radius 2 is 1.57 bits per heavy atom. The molecule has 4 heterocycles. The highest BCUT2D eigenvalue weighted by atomic mass is 16.8. The maximum Gasteiger partial charge on any atom is 0.519 e. The quantitative estimate of drug-likeness (QED) is 0.146. The number of benzene rings is 3. The molecule has 0 aromatic heterocycles. The number of rotatable bonds is 8. The molecule has 2 unspecified atom stereocenters. The summed E-state index contributed by atoms with van der Waals surface area (Å²) in [5.41, 5.74) is 1.52. The zero-order valence-corrected chi connectivity index (χ0v) is 29.0. The number of carbonyl (C=O) groups excluding carboxylic acids is 2. The van der Waals surface area contributed by atoms with Crippen LogP contribution in [-0.4, -0.2) is 98.5 Å². The summed E-state index contributed by atoms with van der Waals surface area (Å²) in [5, 5.41) is 33.2. The van der Waals surface area contributed by atoms with Gasteiger partial charge in [0, 0.05) is 24.0 Å². The van der Waals surface area contributed by atoms with Gasteiger partial charge in [-0.05, 0) is 60.0 Å². The number of non-ortho nitro benzene ring substituents is 1. The van der Waals surface area contributed by atoms with Gasteiger partial charge in [-0.1, -0.05) is 0 Å². The van der Waals surface area contributed by atoms with Gasteiger partial charge in [0.25, 0.3) is 5.69 Å². The third kappa shape index (κ3) is 6.29. The van der Waals surface area contributed by atoms with Gasteiger partial charge in [-0.15, -0.1) is 0 Å². The summed E-state index contributed by atoms with van der Waals surface area (Å²) in [7, 11) is 2.71. The van der Waals surface area contributed by atoms with Crippen molar-refractivity contribution in [3.05, 3.63) is 75.3 Å². The van der Waals surface area contributed by atoms with E-state index in [1.54, 1.807) is 31.2 Å². The van der Waals surface area contributed by atoms with Crippen molar-refractivity contribution in [3.8, 4) is 34.5 Å². The molecule has 0 spiro atoms. The minimum atomic E-state index is -1.50. The third-order valence-electron chi connectivity index (χ3n) is 10.2. The maximum atomic E-state index is 13.7. The fraction of sp³-hybridized carbons (Fsp3) is 0.444. The lowest BCUT2D eigenvalue weighted by Crippen LogP contribution is -2.63. The average Bonchev–Trinajstić information content (AvgIpc) is 3.79. The van der Waals surface area contributed by atoms with Crippen molar-refractivity contribution in [2.45, 2.75) is 55.9 Å². The van der Waals surface area contributed by atoms with Crippen molar-refractivity contribution in [2.75, 3.05) is 34.2 Å². The molecular formula is C36H35NO17. The van der Waals surface area contributed by atoms with Crippen LogP contribution >= 0.6 is 0 Å². The Balaban J connectivity index is 1.14. The number of methoxy groups -OCH3 is 2. The first-order valence-electron chi connectivity index (χ1n) is 17.0. The number of cyclic esters (lactones) is 1. The number of hydrogen-bond donors (Lipinski definition) is 2. The summed E-state index contributed by atoms with van der Waals surface area (Å²) in [6.07, 6.45) is -8.43. The number of ether oxygens (including phenoxy) is 11. The molecule has 18 heteroatoms. The molecule has 8 rings (SSSR count). The van der Waals surface area contributed by atoms with Gasteiger partial charge in [0.1, 0.15) is 30.2 Å². The highest BCUT2D eigenvalue weighted by Crippen LogP contribution is 2.57. The number of esters is 1. The third-order valence-corrected chi connectivity index (χ3v) is 10.2. The molecule has 1 aliphatic carbocycles. The molecule has 3 aromatic carbocycles. The fourth-order valence-electron chi connectivity index (χ4n) is 7.66. The van der Waals surface area contributed by atoms with E-state index in [-0.39, 0.29) is 48.7 Å². The molecule has 0 bridgehead atoms. The summed E-state index contributed by atoms with van der Waals surface area (Å²) >= 11 is 0. The van der Waals surface area contributed by atoms with Crippen LogP contribution in [-0.2, 0) is 28.5 Å². The van der Waals surface area contributed by atoms with Gasteiger partial charge in [0.05, 0.1) is 44.4 Å². The van der Waals surface area contributed by atoms with E-state index in [1.165, 1.54) is 38.5 Å². The molecule has 286 valence electrons. The topological polar surface area (TPSA) is 219 Å². The van der Waals surface area contributed by atoms with Gasteiger partial charge in [-0.25, -0.2) is 4.79 Å². The van der Waals surface area contributed by atoms with Crippen LogP contribution in [0.3, 0.4) is 0 Å². The summed E-state index contributed by atoms with van der Waals surface area (Å²) in [6, 6.07) is 11.5. The SMILES string of the molecule is COc1cc([C@@H]2c3cc4c(cc3C(OC3O[C@@H]5CO[C@@H](C)O[C@H]5[C@H](O)[C@H]3O)[C@H]3COC(=O)[C@H]23)OCO4)cc(OC)c1OC(=O)Oc1ccc([N+](=O)[O-])cc1. The molecule has 0 saturated carbocycles. The molecular weight excluding hydrogens is 718 g/mol. The van der Waals surface area contributed by atoms with Crippen molar-refractivity contribution in [1.29, 1.82) is 0 Å². The molecule has 54 heavy (non-hydrogen) atoms. The second-order valence-electron chi connectivity index (χ2n) is 13.2. The minimum absolute atomic E-state index is 0.00395. The Kier molecular flexibility index (Phi) is 9.41.